The van der Waals surface area contributed by atoms with Crippen molar-refractivity contribution in [1.82, 2.24) is 4.57 Å². The zero-order valence-electron chi connectivity index (χ0n) is 14.4. The Morgan fingerprint density at radius 3 is 2.44 bits per heavy atom. The number of ketones is 1. The molecule has 2 aromatic carbocycles. The molecule has 0 radical (unpaired) electrons. The number of aromatic nitrogens is 1. The lowest BCUT2D eigenvalue weighted by molar-refractivity contribution is -0.104. The Morgan fingerprint density at radius 2 is 1.84 bits per heavy atom. The van der Waals surface area contributed by atoms with E-state index in [9.17, 15) is 9.59 Å². The van der Waals surface area contributed by atoms with E-state index in [1.807, 2.05) is 68.4 Å². The monoisotopic (exact) mass is 354 g/mol. The number of fused-ring (bicyclic) bond motifs is 1. The van der Waals surface area contributed by atoms with Crippen LogP contribution in [0.4, 0.5) is 5.69 Å². The number of halogens is 1. The third kappa shape index (κ3) is 3.17. The molecular formula is C20H19ClN2O2. The molecule has 0 saturated carbocycles. The molecule has 1 heterocycles. The van der Waals surface area contributed by atoms with Crippen molar-refractivity contribution in [3.05, 3.63) is 64.3 Å². The molecule has 0 bridgehead atoms. The van der Waals surface area contributed by atoms with E-state index in [0.717, 1.165) is 27.8 Å². The van der Waals surface area contributed by atoms with Gasteiger partial charge in [-0.2, -0.15) is 0 Å². The van der Waals surface area contributed by atoms with Gasteiger partial charge in [-0.15, -0.1) is 0 Å². The van der Waals surface area contributed by atoms with E-state index >= 15 is 0 Å². The summed E-state index contributed by atoms with van der Waals surface area (Å²) >= 11 is 5.96. The molecule has 4 nitrogen and oxygen atoms in total. The Balaban J connectivity index is 2.20. The summed E-state index contributed by atoms with van der Waals surface area (Å²) < 4.78 is 2.06. The molecule has 0 aliphatic rings. The molecule has 0 aliphatic heterocycles. The molecule has 0 atom stereocenters. The number of hydrogen-bond acceptors (Lipinski definition) is 3. The van der Waals surface area contributed by atoms with Crippen molar-refractivity contribution in [3.8, 4) is 0 Å². The average molecular weight is 355 g/mol. The Hall–Kier alpha value is -2.59. The summed E-state index contributed by atoms with van der Waals surface area (Å²) in [5.41, 5.74) is 4.26. The van der Waals surface area contributed by atoms with Crippen LogP contribution < -0.4 is 4.90 Å². The Bertz CT molecular complexity index is 956. The number of anilines is 1. The summed E-state index contributed by atoms with van der Waals surface area (Å²) in [6.07, 6.45) is 0.386. The summed E-state index contributed by atoms with van der Waals surface area (Å²) in [4.78, 5) is 25.3. The van der Waals surface area contributed by atoms with Crippen LogP contribution in [0.1, 0.15) is 21.6 Å². The quantitative estimate of drug-likeness (QED) is 0.393. The molecule has 25 heavy (non-hydrogen) atoms. The highest BCUT2D eigenvalue weighted by atomic mass is 35.5. The highest BCUT2D eigenvalue weighted by Gasteiger charge is 2.20. The number of carbonyl (C=O) groups is 2. The van der Waals surface area contributed by atoms with Gasteiger partial charge in [-0.3, -0.25) is 9.59 Å². The van der Waals surface area contributed by atoms with E-state index in [0.29, 0.717) is 23.4 Å². The lowest BCUT2D eigenvalue weighted by Crippen LogP contribution is -2.08. The molecule has 0 amide bonds. The maximum atomic E-state index is 12.2. The highest BCUT2D eigenvalue weighted by Crippen LogP contribution is 2.30. The Kier molecular flexibility index (Phi) is 4.64. The van der Waals surface area contributed by atoms with Gasteiger partial charge in [0.15, 0.2) is 6.29 Å². The lowest BCUT2D eigenvalue weighted by Gasteiger charge is -2.13. The Morgan fingerprint density at radius 1 is 1.16 bits per heavy atom. The summed E-state index contributed by atoms with van der Waals surface area (Å²) in [5, 5.41) is 1.49. The van der Waals surface area contributed by atoms with Gasteiger partial charge in [0.25, 0.3) is 0 Å². The third-order valence-electron chi connectivity index (χ3n) is 4.43. The predicted octanol–water partition coefficient (Wildman–Crippen LogP) is 4.10. The third-order valence-corrected chi connectivity index (χ3v) is 4.68. The normalized spacial score (nSPS) is 10.9. The molecule has 0 spiro atoms. The molecule has 128 valence electrons. The maximum Gasteiger partial charge on any atom is 0.227 e. The number of aldehydes is 1. The highest BCUT2D eigenvalue weighted by molar-refractivity contribution is 6.37. The van der Waals surface area contributed by atoms with Gasteiger partial charge in [0.2, 0.25) is 5.78 Å². The van der Waals surface area contributed by atoms with Gasteiger partial charge in [-0.1, -0.05) is 23.7 Å². The van der Waals surface area contributed by atoms with E-state index in [1.54, 1.807) is 0 Å². The molecule has 0 unspecified atom stereocenters. The van der Waals surface area contributed by atoms with Gasteiger partial charge in [0.1, 0.15) is 0 Å². The van der Waals surface area contributed by atoms with Gasteiger partial charge in [-0.05, 0) is 42.8 Å². The first-order valence-corrected chi connectivity index (χ1v) is 8.34. The predicted molar refractivity (Wildman–Crippen MR) is 102 cm³/mol. The van der Waals surface area contributed by atoms with Crippen molar-refractivity contribution in [2.75, 3.05) is 19.0 Å². The fourth-order valence-electron chi connectivity index (χ4n) is 3.09. The summed E-state index contributed by atoms with van der Waals surface area (Å²) in [5.74, 6) is -0.492. The van der Waals surface area contributed by atoms with E-state index < -0.39 is 5.78 Å². The zero-order valence-corrected chi connectivity index (χ0v) is 15.2. The second-order valence-corrected chi connectivity index (χ2v) is 6.69. The standard InChI is InChI=1S/C20H19ClN2O2/c1-13-20(19(25)12-24)17-10-16(22(2)3)8-9-18(17)23(13)11-14-4-6-15(21)7-5-14/h4-10,12H,11H2,1-3H3. The van der Waals surface area contributed by atoms with Crippen LogP contribution in [0.5, 0.6) is 0 Å². The molecule has 5 heteroatoms. The number of hydrogen-bond donors (Lipinski definition) is 0. The number of rotatable bonds is 5. The number of Topliss-reactive ketones (excluding diaryl/α,β-unsaturated/α-hetero) is 1. The zero-order chi connectivity index (χ0) is 18.1. The second-order valence-electron chi connectivity index (χ2n) is 6.25. The first-order valence-electron chi connectivity index (χ1n) is 7.96. The first kappa shape index (κ1) is 17.2. The molecule has 0 aliphatic carbocycles. The van der Waals surface area contributed by atoms with Crippen LogP contribution >= 0.6 is 11.6 Å². The molecule has 0 saturated heterocycles. The van der Waals surface area contributed by atoms with E-state index in [-0.39, 0.29) is 0 Å². The van der Waals surface area contributed by atoms with E-state index in [4.69, 9.17) is 11.6 Å². The van der Waals surface area contributed by atoms with Crippen molar-refractivity contribution in [2.24, 2.45) is 0 Å². The maximum absolute atomic E-state index is 12.2. The van der Waals surface area contributed by atoms with Crippen molar-refractivity contribution in [3.63, 3.8) is 0 Å². The molecule has 0 fully saturated rings. The van der Waals surface area contributed by atoms with Crippen LogP contribution in [0.3, 0.4) is 0 Å². The van der Waals surface area contributed by atoms with Gasteiger partial charge in [0, 0.05) is 47.9 Å². The molecule has 3 rings (SSSR count). The van der Waals surface area contributed by atoms with Gasteiger partial charge < -0.3 is 9.47 Å². The largest absolute Gasteiger partial charge is 0.378 e. The topological polar surface area (TPSA) is 42.3 Å². The molecule has 1 aromatic heterocycles. The number of benzene rings is 2. The fraction of sp³-hybridized carbons (Fsp3) is 0.200. The minimum absolute atomic E-state index is 0.386. The van der Waals surface area contributed by atoms with Crippen LogP contribution in [-0.2, 0) is 11.3 Å². The lowest BCUT2D eigenvalue weighted by atomic mass is 10.1. The van der Waals surface area contributed by atoms with Gasteiger partial charge in [0.05, 0.1) is 5.56 Å². The van der Waals surface area contributed by atoms with Crippen LogP contribution in [0.15, 0.2) is 42.5 Å². The van der Waals surface area contributed by atoms with Crippen LogP contribution in [0, 0.1) is 6.92 Å². The van der Waals surface area contributed by atoms with Crippen molar-refractivity contribution in [1.29, 1.82) is 0 Å². The van der Waals surface area contributed by atoms with E-state index in [2.05, 4.69) is 4.57 Å². The van der Waals surface area contributed by atoms with Crippen molar-refractivity contribution >= 4 is 40.3 Å². The van der Waals surface area contributed by atoms with Crippen LogP contribution in [0.2, 0.25) is 5.02 Å². The smallest absolute Gasteiger partial charge is 0.227 e. The molecule has 3 aromatic rings. The summed E-state index contributed by atoms with van der Waals surface area (Å²) in [6.45, 7) is 2.48. The minimum Gasteiger partial charge on any atom is -0.378 e. The van der Waals surface area contributed by atoms with E-state index in [1.165, 1.54) is 0 Å². The van der Waals surface area contributed by atoms with Crippen molar-refractivity contribution in [2.45, 2.75) is 13.5 Å². The molecule has 0 N–H and O–H groups in total. The van der Waals surface area contributed by atoms with Crippen molar-refractivity contribution < 1.29 is 9.59 Å². The first-order chi connectivity index (χ1) is 11.9. The fourth-order valence-corrected chi connectivity index (χ4v) is 3.22. The molecular weight excluding hydrogens is 336 g/mol. The van der Waals surface area contributed by atoms with Crippen LogP contribution in [0.25, 0.3) is 10.9 Å². The van der Waals surface area contributed by atoms with Gasteiger partial charge >= 0.3 is 0 Å². The second kappa shape index (κ2) is 6.73. The number of carbonyl (C=O) groups excluding carboxylic acids is 2. The SMILES string of the molecule is Cc1c(C(=O)C=O)c2cc(N(C)C)ccc2n1Cc1ccc(Cl)cc1. The summed E-state index contributed by atoms with van der Waals surface area (Å²) in [7, 11) is 3.89. The minimum atomic E-state index is -0.492. The van der Waals surface area contributed by atoms with Gasteiger partial charge in [-0.25, -0.2) is 0 Å². The Labute approximate surface area is 151 Å². The number of nitrogens with zero attached hydrogens (tertiary/aromatic N) is 2. The van der Waals surface area contributed by atoms with Crippen LogP contribution in [-0.4, -0.2) is 30.7 Å². The summed E-state index contributed by atoms with van der Waals surface area (Å²) in [6, 6.07) is 13.6. The average Bonchev–Trinajstić information content (AvgIpc) is 2.87.